The predicted molar refractivity (Wildman–Crippen MR) is 68.7 cm³/mol. The van der Waals surface area contributed by atoms with Crippen LogP contribution in [0.1, 0.15) is 32.5 Å². The van der Waals surface area contributed by atoms with E-state index in [1.807, 2.05) is 13.8 Å². The third-order valence-electron chi connectivity index (χ3n) is 3.28. The molecule has 0 amide bonds. The molecule has 1 rings (SSSR count). The van der Waals surface area contributed by atoms with Crippen LogP contribution in [-0.4, -0.2) is 27.6 Å². The summed E-state index contributed by atoms with van der Waals surface area (Å²) in [6.07, 6.45) is 1.04. The zero-order valence-corrected chi connectivity index (χ0v) is 10.9. The molecule has 1 aromatic rings. The maximum absolute atomic E-state index is 11.3. The molecule has 6 nitrogen and oxygen atoms in total. The van der Waals surface area contributed by atoms with Crippen molar-refractivity contribution < 1.29 is 9.90 Å². The molecule has 0 aliphatic heterocycles. The van der Waals surface area contributed by atoms with Crippen LogP contribution in [-0.2, 0) is 4.79 Å². The van der Waals surface area contributed by atoms with Gasteiger partial charge in [0, 0.05) is 12.6 Å². The number of hydrogen-bond acceptors (Lipinski definition) is 4. The molecule has 18 heavy (non-hydrogen) atoms. The maximum Gasteiger partial charge on any atom is 0.311 e. The van der Waals surface area contributed by atoms with Gasteiger partial charge in [-0.2, -0.15) is 0 Å². The number of anilines is 1. The number of carboxylic acid groups (broad SMARTS) is 1. The van der Waals surface area contributed by atoms with Crippen LogP contribution in [0.4, 0.5) is 5.82 Å². The van der Waals surface area contributed by atoms with Crippen LogP contribution >= 0.6 is 0 Å². The lowest BCUT2D eigenvalue weighted by Crippen LogP contribution is -2.37. The quantitative estimate of drug-likeness (QED) is 0.712. The molecule has 1 heterocycles. The van der Waals surface area contributed by atoms with Gasteiger partial charge >= 0.3 is 5.97 Å². The summed E-state index contributed by atoms with van der Waals surface area (Å²) >= 11 is 0. The van der Waals surface area contributed by atoms with Crippen molar-refractivity contribution >= 4 is 11.8 Å². The van der Waals surface area contributed by atoms with E-state index in [0.717, 1.165) is 0 Å². The van der Waals surface area contributed by atoms with Crippen molar-refractivity contribution in [1.29, 1.82) is 0 Å². The molecule has 0 radical (unpaired) electrons. The van der Waals surface area contributed by atoms with E-state index >= 15 is 0 Å². The first kappa shape index (κ1) is 14.2. The minimum atomic E-state index is -0.832. The van der Waals surface area contributed by atoms with E-state index in [4.69, 9.17) is 0 Å². The van der Waals surface area contributed by atoms with Crippen LogP contribution in [0.2, 0.25) is 0 Å². The number of nitrogens with zero attached hydrogens (tertiary/aromatic N) is 1. The Morgan fingerprint density at radius 3 is 2.56 bits per heavy atom. The second-order valence-corrected chi connectivity index (χ2v) is 4.36. The highest BCUT2D eigenvalue weighted by molar-refractivity contribution is 5.75. The Kier molecular flexibility index (Phi) is 4.47. The van der Waals surface area contributed by atoms with Gasteiger partial charge in [-0.05, 0) is 19.8 Å². The van der Waals surface area contributed by atoms with E-state index < -0.39 is 11.4 Å². The number of aromatic nitrogens is 2. The number of H-pyrrole nitrogens is 1. The van der Waals surface area contributed by atoms with Gasteiger partial charge in [-0.1, -0.05) is 13.8 Å². The van der Waals surface area contributed by atoms with E-state index in [1.165, 1.54) is 6.07 Å². The standard InChI is InChI=1S/C12H19N3O3/c1-4-12(5-2,11(17)18)7-13-9-6-10(16)15-8(3)14-9/h6H,4-5,7H2,1-3H3,(H,17,18)(H2,13,14,15,16). The molecule has 0 fully saturated rings. The minimum absolute atomic E-state index is 0.251. The Balaban J connectivity index is 2.85. The van der Waals surface area contributed by atoms with Gasteiger partial charge in [0.25, 0.3) is 5.56 Å². The third kappa shape index (κ3) is 3.09. The lowest BCUT2D eigenvalue weighted by Gasteiger charge is -2.27. The third-order valence-corrected chi connectivity index (χ3v) is 3.28. The Morgan fingerprint density at radius 1 is 1.50 bits per heavy atom. The average Bonchev–Trinajstić information content (AvgIpc) is 2.29. The van der Waals surface area contributed by atoms with E-state index in [1.54, 1.807) is 6.92 Å². The van der Waals surface area contributed by atoms with Crippen molar-refractivity contribution in [1.82, 2.24) is 9.97 Å². The van der Waals surface area contributed by atoms with Crippen molar-refractivity contribution in [3.05, 3.63) is 22.2 Å². The van der Waals surface area contributed by atoms with E-state index in [9.17, 15) is 14.7 Å². The molecule has 0 unspecified atom stereocenters. The molecule has 100 valence electrons. The number of carbonyl (C=O) groups is 1. The van der Waals surface area contributed by atoms with Gasteiger partial charge in [0.2, 0.25) is 0 Å². The van der Waals surface area contributed by atoms with Crippen LogP contribution in [0.25, 0.3) is 0 Å². The van der Waals surface area contributed by atoms with Crippen LogP contribution < -0.4 is 10.9 Å². The molecular weight excluding hydrogens is 234 g/mol. The molecular formula is C12H19N3O3. The molecule has 0 aliphatic rings. The highest BCUT2D eigenvalue weighted by Gasteiger charge is 2.34. The summed E-state index contributed by atoms with van der Waals surface area (Å²) in [6, 6.07) is 1.32. The normalized spacial score (nSPS) is 11.3. The minimum Gasteiger partial charge on any atom is -0.481 e. The van der Waals surface area contributed by atoms with E-state index in [2.05, 4.69) is 15.3 Å². The smallest absolute Gasteiger partial charge is 0.311 e. The number of hydrogen-bond donors (Lipinski definition) is 3. The first-order chi connectivity index (χ1) is 8.43. The SMILES string of the molecule is CCC(CC)(CNc1cc(=O)[nH]c(C)n1)C(=O)O. The van der Waals surface area contributed by atoms with Gasteiger partial charge in [0.05, 0.1) is 5.41 Å². The average molecular weight is 253 g/mol. The fraction of sp³-hybridized carbons (Fsp3) is 0.583. The first-order valence-corrected chi connectivity index (χ1v) is 5.98. The zero-order valence-electron chi connectivity index (χ0n) is 10.9. The summed E-state index contributed by atoms with van der Waals surface area (Å²) < 4.78 is 0. The summed E-state index contributed by atoms with van der Waals surface area (Å²) in [7, 11) is 0. The van der Waals surface area contributed by atoms with Gasteiger partial charge in [-0.25, -0.2) is 4.98 Å². The van der Waals surface area contributed by atoms with Gasteiger partial charge in [-0.3, -0.25) is 9.59 Å². The Bertz CT molecular complexity index is 478. The zero-order chi connectivity index (χ0) is 13.8. The van der Waals surface area contributed by atoms with Crippen LogP contribution in [0.5, 0.6) is 0 Å². The predicted octanol–water partition coefficient (Wildman–Crippen LogP) is 1.38. The fourth-order valence-corrected chi connectivity index (χ4v) is 1.81. The van der Waals surface area contributed by atoms with Gasteiger partial charge in [0.1, 0.15) is 11.6 Å². The molecule has 0 aliphatic carbocycles. The number of rotatable bonds is 6. The monoisotopic (exact) mass is 253 g/mol. The molecule has 6 heteroatoms. The molecule has 0 bridgehead atoms. The second kappa shape index (κ2) is 5.66. The van der Waals surface area contributed by atoms with Crippen molar-refractivity contribution in [2.24, 2.45) is 5.41 Å². The Morgan fingerprint density at radius 2 is 2.11 bits per heavy atom. The van der Waals surface area contributed by atoms with Gasteiger partial charge < -0.3 is 15.4 Å². The highest BCUT2D eigenvalue weighted by Crippen LogP contribution is 2.26. The largest absolute Gasteiger partial charge is 0.481 e. The van der Waals surface area contributed by atoms with E-state index in [-0.39, 0.29) is 12.1 Å². The summed E-state index contributed by atoms with van der Waals surface area (Å²) in [5.74, 6) is 0.0734. The van der Waals surface area contributed by atoms with Crippen LogP contribution in [0.3, 0.4) is 0 Å². The van der Waals surface area contributed by atoms with Crippen molar-refractivity contribution in [3.8, 4) is 0 Å². The second-order valence-electron chi connectivity index (χ2n) is 4.36. The van der Waals surface area contributed by atoms with Crippen molar-refractivity contribution in [3.63, 3.8) is 0 Å². The molecule has 0 aromatic carbocycles. The molecule has 1 aromatic heterocycles. The van der Waals surface area contributed by atoms with Crippen LogP contribution in [0.15, 0.2) is 10.9 Å². The number of nitrogens with one attached hydrogen (secondary N) is 2. The number of carboxylic acids is 1. The maximum atomic E-state index is 11.3. The van der Waals surface area contributed by atoms with Gasteiger partial charge in [0.15, 0.2) is 0 Å². The molecule has 0 atom stereocenters. The fourth-order valence-electron chi connectivity index (χ4n) is 1.81. The lowest BCUT2D eigenvalue weighted by molar-refractivity contribution is -0.148. The Hall–Kier alpha value is -1.85. The summed E-state index contributed by atoms with van der Waals surface area (Å²) in [4.78, 5) is 29.2. The highest BCUT2D eigenvalue weighted by atomic mass is 16.4. The first-order valence-electron chi connectivity index (χ1n) is 5.98. The molecule has 0 spiro atoms. The Labute approximate surface area is 105 Å². The summed E-state index contributed by atoms with van der Waals surface area (Å²) in [5, 5.41) is 12.2. The van der Waals surface area contributed by atoms with Gasteiger partial charge in [-0.15, -0.1) is 0 Å². The topological polar surface area (TPSA) is 95.1 Å². The van der Waals surface area contributed by atoms with Crippen molar-refractivity contribution in [2.45, 2.75) is 33.6 Å². The number of aryl methyl sites for hydroxylation is 1. The molecule has 3 N–H and O–H groups in total. The number of aliphatic carboxylic acids is 1. The summed E-state index contributed by atoms with van der Waals surface area (Å²) in [6.45, 7) is 5.62. The van der Waals surface area contributed by atoms with Crippen molar-refractivity contribution in [2.75, 3.05) is 11.9 Å². The lowest BCUT2D eigenvalue weighted by atomic mass is 9.82. The molecule has 0 saturated carbocycles. The van der Waals surface area contributed by atoms with E-state index in [0.29, 0.717) is 24.5 Å². The number of aromatic amines is 1. The molecule has 0 saturated heterocycles. The van der Waals surface area contributed by atoms with Crippen LogP contribution in [0, 0.1) is 12.3 Å². The summed E-state index contributed by atoms with van der Waals surface area (Å²) in [5.41, 5.74) is -1.07.